The summed E-state index contributed by atoms with van der Waals surface area (Å²) in [6, 6.07) is 0. The van der Waals surface area contributed by atoms with E-state index in [1.165, 1.54) is 0 Å². The molecule has 18 heavy (non-hydrogen) atoms. The molecular weight excluding hydrogens is 249 g/mol. The maximum atomic E-state index is 12.8. The number of aliphatic hydroxyl groups is 1. The van der Waals surface area contributed by atoms with Crippen molar-refractivity contribution in [2.45, 2.75) is 50.5 Å². The summed E-state index contributed by atoms with van der Waals surface area (Å²) in [5.74, 6) is -1.89. The van der Waals surface area contributed by atoms with E-state index in [4.69, 9.17) is 4.74 Å². The number of halogens is 3. The Hall–Kier alpha value is -1.04. The second-order valence-electron chi connectivity index (χ2n) is 4.72. The highest BCUT2D eigenvalue weighted by Gasteiger charge is 2.57. The van der Waals surface area contributed by atoms with Crippen LogP contribution in [0.2, 0.25) is 0 Å². The molecule has 1 rings (SSSR count). The third-order valence-electron chi connectivity index (χ3n) is 3.43. The van der Waals surface area contributed by atoms with Crippen molar-refractivity contribution >= 4 is 5.97 Å². The summed E-state index contributed by atoms with van der Waals surface area (Å²) in [7, 11) is 0. The molecule has 104 valence electrons. The standard InChI is InChI=1S/C12H17F3O3/c1-3-10(16)18-9-7-5-4-6-8(9)11(2,17)12(13,14)15/h3,8-9,17H,1,4-7H2,2H3. The number of esters is 1. The van der Waals surface area contributed by atoms with Crippen LogP contribution in [0.4, 0.5) is 13.2 Å². The topological polar surface area (TPSA) is 46.5 Å². The lowest BCUT2D eigenvalue weighted by Crippen LogP contribution is -2.54. The van der Waals surface area contributed by atoms with Crippen LogP contribution in [0.15, 0.2) is 12.7 Å². The van der Waals surface area contributed by atoms with Gasteiger partial charge in [-0.3, -0.25) is 0 Å². The van der Waals surface area contributed by atoms with Crippen molar-refractivity contribution in [1.82, 2.24) is 0 Å². The second kappa shape index (κ2) is 5.30. The molecule has 0 aromatic rings. The van der Waals surface area contributed by atoms with E-state index >= 15 is 0 Å². The fraction of sp³-hybridized carbons (Fsp3) is 0.750. The van der Waals surface area contributed by atoms with Crippen molar-refractivity contribution in [2.75, 3.05) is 0 Å². The van der Waals surface area contributed by atoms with Crippen molar-refractivity contribution < 1.29 is 27.8 Å². The molecule has 1 aliphatic rings. The highest BCUT2D eigenvalue weighted by molar-refractivity contribution is 5.81. The second-order valence-corrected chi connectivity index (χ2v) is 4.72. The first-order valence-electron chi connectivity index (χ1n) is 5.82. The smallest absolute Gasteiger partial charge is 0.417 e. The van der Waals surface area contributed by atoms with Gasteiger partial charge in [0.2, 0.25) is 0 Å². The van der Waals surface area contributed by atoms with Gasteiger partial charge in [-0.1, -0.05) is 13.0 Å². The van der Waals surface area contributed by atoms with Crippen LogP contribution in [0.1, 0.15) is 32.6 Å². The van der Waals surface area contributed by atoms with Gasteiger partial charge in [-0.15, -0.1) is 0 Å². The van der Waals surface area contributed by atoms with Crippen LogP contribution >= 0.6 is 0 Å². The molecule has 1 N–H and O–H groups in total. The number of ether oxygens (including phenoxy) is 1. The maximum Gasteiger partial charge on any atom is 0.417 e. The van der Waals surface area contributed by atoms with Crippen LogP contribution in [0, 0.1) is 5.92 Å². The first-order chi connectivity index (χ1) is 8.20. The average Bonchev–Trinajstić information content (AvgIpc) is 2.28. The van der Waals surface area contributed by atoms with E-state index in [0.717, 1.165) is 13.0 Å². The number of hydrogen-bond acceptors (Lipinski definition) is 3. The van der Waals surface area contributed by atoms with Crippen molar-refractivity contribution in [2.24, 2.45) is 5.92 Å². The van der Waals surface area contributed by atoms with Crippen LogP contribution in [0.25, 0.3) is 0 Å². The summed E-state index contributed by atoms with van der Waals surface area (Å²) >= 11 is 0. The molecular formula is C12H17F3O3. The highest BCUT2D eigenvalue weighted by Crippen LogP contribution is 2.43. The molecule has 0 heterocycles. The third-order valence-corrected chi connectivity index (χ3v) is 3.43. The molecule has 1 fully saturated rings. The van der Waals surface area contributed by atoms with Crippen LogP contribution in [0.5, 0.6) is 0 Å². The van der Waals surface area contributed by atoms with Gasteiger partial charge in [-0.25, -0.2) is 4.79 Å². The number of carbonyl (C=O) groups excluding carboxylic acids is 1. The first-order valence-corrected chi connectivity index (χ1v) is 5.82. The Kier molecular flexibility index (Phi) is 4.42. The van der Waals surface area contributed by atoms with Gasteiger partial charge in [0, 0.05) is 12.0 Å². The number of alkyl halides is 3. The molecule has 6 heteroatoms. The van der Waals surface area contributed by atoms with E-state index in [2.05, 4.69) is 6.58 Å². The van der Waals surface area contributed by atoms with Gasteiger partial charge in [0.15, 0.2) is 5.60 Å². The summed E-state index contributed by atoms with van der Waals surface area (Å²) in [6.07, 6.45) is -2.97. The van der Waals surface area contributed by atoms with Crippen molar-refractivity contribution in [3.63, 3.8) is 0 Å². The molecule has 0 bridgehead atoms. The molecule has 0 aromatic heterocycles. The van der Waals surface area contributed by atoms with Gasteiger partial charge in [0.1, 0.15) is 6.10 Å². The van der Waals surface area contributed by atoms with Gasteiger partial charge >= 0.3 is 12.1 Å². The molecule has 0 saturated heterocycles. The van der Waals surface area contributed by atoms with E-state index in [9.17, 15) is 23.1 Å². The fourth-order valence-corrected chi connectivity index (χ4v) is 2.29. The maximum absolute atomic E-state index is 12.8. The van der Waals surface area contributed by atoms with Crippen LogP contribution in [0.3, 0.4) is 0 Å². The molecule has 0 aliphatic heterocycles. The molecule has 3 unspecified atom stereocenters. The van der Waals surface area contributed by atoms with Crippen LogP contribution < -0.4 is 0 Å². The summed E-state index contributed by atoms with van der Waals surface area (Å²) in [4.78, 5) is 11.1. The SMILES string of the molecule is C=CC(=O)OC1CCCCC1C(C)(O)C(F)(F)F. The number of hydrogen-bond donors (Lipinski definition) is 1. The van der Waals surface area contributed by atoms with E-state index < -0.39 is 29.8 Å². The van der Waals surface area contributed by atoms with Crippen LogP contribution in [-0.2, 0) is 9.53 Å². The fourth-order valence-electron chi connectivity index (χ4n) is 2.29. The van der Waals surface area contributed by atoms with Gasteiger partial charge in [0.25, 0.3) is 0 Å². The molecule has 0 amide bonds. The van der Waals surface area contributed by atoms with Crippen molar-refractivity contribution in [1.29, 1.82) is 0 Å². The Morgan fingerprint density at radius 2 is 1.94 bits per heavy atom. The van der Waals surface area contributed by atoms with Gasteiger partial charge in [0.05, 0.1) is 0 Å². The van der Waals surface area contributed by atoms with Gasteiger partial charge in [-0.05, 0) is 26.2 Å². The molecule has 0 aromatic carbocycles. The van der Waals surface area contributed by atoms with Gasteiger partial charge < -0.3 is 9.84 Å². The lowest BCUT2D eigenvalue weighted by atomic mass is 9.75. The summed E-state index contributed by atoms with van der Waals surface area (Å²) < 4.78 is 43.3. The molecule has 0 spiro atoms. The monoisotopic (exact) mass is 266 g/mol. The predicted octanol–water partition coefficient (Wildman–Crippen LogP) is 2.59. The molecule has 3 atom stereocenters. The molecule has 3 nitrogen and oxygen atoms in total. The van der Waals surface area contributed by atoms with E-state index in [1.807, 2.05) is 0 Å². The van der Waals surface area contributed by atoms with Crippen LogP contribution in [-0.4, -0.2) is 29.0 Å². The van der Waals surface area contributed by atoms with Crippen molar-refractivity contribution in [3.8, 4) is 0 Å². The Balaban J connectivity index is 2.88. The number of rotatable bonds is 3. The quantitative estimate of drug-likeness (QED) is 0.631. The third kappa shape index (κ3) is 3.04. The largest absolute Gasteiger partial charge is 0.459 e. The Morgan fingerprint density at radius 3 is 2.44 bits per heavy atom. The first kappa shape index (κ1) is 15.0. The zero-order chi connectivity index (χ0) is 14.0. The van der Waals surface area contributed by atoms with E-state index in [1.54, 1.807) is 0 Å². The van der Waals surface area contributed by atoms with E-state index in [0.29, 0.717) is 19.3 Å². The Labute approximate surface area is 104 Å². The normalized spacial score (nSPS) is 28.3. The number of carbonyl (C=O) groups is 1. The van der Waals surface area contributed by atoms with E-state index in [-0.39, 0.29) is 6.42 Å². The Morgan fingerprint density at radius 1 is 1.39 bits per heavy atom. The zero-order valence-corrected chi connectivity index (χ0v) is 10.2. The molecule has 0 radical (unpaired) electrons. The highest BCUT2D eigenvalue weighted by atomic mass is 19.4. The zero-order valence-electron chi connectivity index (χ0n) is 10.2. The molecule has 1 saturated carbocycles. The predicted molar refractivity (Wildman–Crippen MR) is 58.7 cm³/mol. The minimum absolute atomic E-state index is 0.182. The molecule has 1 aliphatic carbocycles. The summed E-state index contributed by atoms with van der Waals surface area (Å²) in [5, 5.41) is 9.69. The summed E-state index contributed by atoms with van der Waals surface area (Å²) in [6.45, 7) is 3.94. The van der Waals surface area contributed by atoms with Crippen molar-refractivity contribution in [3.05, 3.63) is 12.7 Å². The summed E-state index contributed by atoms with van der Waals surface area (Å²) in [5.41, 5.74) is -2.85. The lowest BCUT2D eigenvalue weighted by molar-refractivity contribution is -0.285. The Bertz CT molecular complexity index is 323. The lowest BCUT2D eigenvalue weighted by Gasteiger charge is -2.41. The minimum atomic E-state index is -4.74. The average molecular weight is 266 g/mol. The van der Waals surface area contributed by atoms with Gasteiger partial charge in [-0.2, -0.15) is 13.2 Å². The minimum Gasteiger partial charge on any atom is -0.459 e.